The van der Waals surface area contributed by atoms with Crippen molar-refractivity contribution < 1.29 is 19.0 Å². The summed E-state index contributed by atoms with van der Waals surface area (Å²) < 4.78 is 17.1. The highest BCUT2D eigenvalue weighted by molar-refractivity contribution is 5.95. The van der Waals surface area contributed by atoms with Crippen molar-refractivity contribution in [2.75, 3.05) is 33.4 Å². The number of unbranched alkanes of at least 4 members (excludes halogenated alkanes) is 2. The number of halogens is 1. The third-order valence-corrected chi connectivity index (χ3v) is 5.22. The van der Waals surface area contributed by atoms with Crippen LogP contribution in [0, 0.1) is 0 Å². The number of hydrogen-bond donors (Lipinski definition) is 1. The van der Waals surface area contributed by atoms with Gasteiger partial charge in [-0.3, -0.25) is 4.79 Å². The monoisotopic (exact) mass is 461 g/mol. The normalized spacial score (nSPS) is 13.1. The molecule has 1 amide bonds. The van der Waals surface area contributed by atoms with Gasteiger partial charge in [0.15, 0.2) is 11.5 Å². The van der Waals surface area contributed by atoms with E-state index in [2.05, 4.69) is 5.10 Å². The Hall–Kier alpha value is -2.93. The van der Waals surface area contributed by atoms with Crippen LogP contribution in [0.15, 0.2) is 47.6 Å². The number of ether oxygens (including phenoxy) is 3. The van der Waals surface area contributed by atoms with E-state index in [-0.39, 0.29) is 18.3 Å². The fourth-order valence-corrected chi connectivity index (χ4v) is 3.51. The predicted molar refractivity (Wildman–Crippen MR) is 128 cm³/mol. The molecule has 0 atom stereocenters. The molecule has 2 aromatic carbocycles. The van der Waals surface area contributed by atoms with Gasteiger partial charge in [-0.15, -0.1) is 12.4 Å². The van der Waals surface area contributed by atoms with Gasteiger partial charge < -0.3 is 25.0 Å². The van der Waals surface area contributed by atoms with Crippen LogP contribution in [0.3, 0.4) is 0 Å². The Balaban J connectivity index is 0.00000363. The van der Waals surface area contributed by atoms with Crippen LogP contribution >= 0.6 is 12.4 Å². The first-order valence-electron chi connectivity index (χ1n) is 10.8. The second kappa shape index (κ2) is 13.5. The van der Waals surface area contributed by atoms with E-state index < -0.39 is 0 Å². The average Bonchev–Trinajstić information content (AvgIpc) is 3.34. The zero-order chi connectivity index (χ0) is 21.9. The van der Waals surface area contributed by atoms with Crippen molar-refractivity contribution in [3.63, 3.8) is 0 Å². The van der Waals surface area contributed by atoms with Crippen LogP contribution in [0.4, 0.5) is 0 Å². The maximum absolute atomic E-state index is 12.5. The van der Waals surface area contributed by atoms with Crippen molar-refractivity contribution in [2.45, 2.75) is 32.1 Å². The highest BCUT2D eigenvalue weighted by Gasteiger charge is 2.20. The van der Waals surface area contributed by atoms with Gasteiger partial charge in [-0.1, -0.05) is 0 Å². The molecule has 8 heteroatoms. The van der Waals surface area contributed by atoms with Gasteiger partial charge in [0.05, 0.1) is 26.5 Å². The Bertz CT molecular complexity index is 868. The Labute approximate surface area is 195 Å². The van der Waals surface area contributed by atoms with E-state index in [0.29, 0.717) is 30.3 Å². The minimum atomic E-state index is 0. The van der Waals surface area contributed by atoms with Gasteiger partial charge in [-0.2, -0.15) is 5.10 Å². The molecule has 1 saturated heterocycles. The number of hydrogen-bond acceptors (Lipinski definition) is 6. The molecule has 0 aromatic heterocycles. The van der Waals surface area contributed by atoms with Crippen molar-refractivity contribution in [3.05, 3.63) is 53.6 Å². The summed E-state index contributed by atoms with van der Waals surface area (Å²) in [5.41, 5.74) is 1.59. The zero-order valence-corrected chi connectivity index (χ0v) is 19.3. The summed E-state index contributed by atoms with van der Waals surface area (Å²) in [4.78, 5) is 14.4. The van der Waals surface area contributed by atoms with Gasteiger partial charge in [0.25, 0.3) is 5.91 Å². The molecule has 2 N–H and O–H groups in total. The van der Waals surface area contributed by atoms with Crippen molar-refractivity contribution in [1.29, 1.82) is 0 Å². The van der Waals surface area contributed by atoms with E-state index in [1.54, 1.807) is 19.4 Å². The first-order chi connectivity index (χ1) is 15.2. The van der Waals surface area contributed by atoms with E-state index in [0.717, 1.165) is 56.5 Å². The second-order valence-corrected chi connectivity index (χ2v) is 7.47. The molecule has 1 heterocycles. The number of benzene rings is 2. The second-order valence-electron chi connectivity index (χ2n) is 7.47. The molecule has 0 unspecified atom stereocenters. The summed E-state index contributed by atoms with van der Waals surface area (Å²) in [7, 11) is 1.60. The number of carbonyl (C=O) groups is 1. The summed E-state index contributed by atoms with van der Waals surface area (Å²) in [6.45, 7) is 2.90. The molecule has 174 valence electrons. The summed E-state index contributed by atoms with van der Waals surface area (Å²) >= 11 is 0. The van der Waals surface area contributed by atoms with Gasteiger partial charge in [0.2, 0.25) is 0 Å². The molecule has 0 bridgehead atoms. The third kappa shape index (κ3) is 7.34. The highest BCUT2D eigenvalue weighted by Crippen LogP contribution is 2.29. The van der Waals surface area contributed by atoms with Crippen molar-refractivity contribution in [2.24, 2.45) is 10.9 Å². The quantitative estimate of drug-likeness (QED) is 0.233. The van der Waals surface area contributed by atoms with Crippen LogP contribution in [0.25, 0.3) is 0 Å². The number of carbonyl (C=O) groups excluding carboxylic acids is 1. The van der Waals surface area contributed by atoms with Gasteiger partial charge in [-0.25, -0.2) is 0 Å². The van der Waals surface area contributed by atoms with Gasteiger partial charge in [-0.05, 0) is 80.1 Å². The first-order valence-corrected chi connectivity index (χ1v) is 10.8. The fourth-order valence-electron chi connectivity index (χ4n) is 3.51. The number of nitrogens with two attached hydrogens (primary N) is 1. The summed E-state index contributed by atoms with van der Waals surface area (Å²) in [5, 5.41) is 3.50. The van der Waals surface area contributed by atoms with Crippen LogP contribution in [0.1, 0.15) is 48.0 Å². The zero-order valence-electron chi connectivity index (χ0n) is 18.5. The van der Waals surface area contributed by atoms with E-state index >= 15 is 0 Å². The average molecular weight is 462 g/mol. The maximum atomic E-state index is 12.5. The van der Waals surface area contributed by atoms with Gasteiger partial charge in [0.1, 0.15) is 5.75 Å². The lowest BCUT2D eigenvalue weighted by Crippen LogP contribution is -2.27. The Morgan fingerprint density at radius 3 is 2.34 bits per heavy atom. The summed E-state index contributed by atoms with van der Waals surface area (Å²) in [6.07, 6.45) is 6.59. The number of rotatable bonds is 11. The van der Waals surface area contributed by atoms with Crippen LogP contribution in [-0.2, 0) is 0 Å². The molecule has 3 rings (SSSR count). The number of amides is 1. The number of nitrogens with zero attached hydrogens (tertiary/aromatic N) is 2. The van der Waals surface area contributed by atoms with Gasteiger partial charge in [0, 0.05) is 18.7 Å². The topological polar surface area (TPSA) is 86.4 Å². The first kappa shape index (κ1) is 25.3. The highest BCUT2D eigenvalue weighted by atomic mass is 35.5. The maximum Gasteiger partial charge on any atom is 0.253 e. The standard InChI is InChI=1S/C24H31N3O4.ClH/c1-29-23-17-20(24(28)27-13-3-4-14-27)9-12-22(23)31-16-6-2-5-15-30-21-10-7-19(8-11-21)18-26-25;/h7-12,17-18H,2-6,13-16,25H2,1H3;1H. The van der Waals surface area contributed by atoms with Crippen LogP contribution < -0.4 is 20.1 Å². The fraction of sp³-hybridized carbons (Fsp3) is 0.417. The lowest BCUT2D eigenvalue weighted by molar-refractivity contribution is 0.0792. The van der Waals surface area contributed by atoms with Crippen molar-refractivity contribution >= 4 is 24.5 Å². The minimum Gasteiger partial charge on any atom is -0.494 e. The summed E-state index contributed by atoms with van der Waals surface area (Å²) in [5.74, 6) is 7.29. The Morgan fingerprint density at radius 1 is 1.00 bits per heavy atom. The summed E-state index contributed by atoms with van der Waals surface area (Å²) in [6, 6.07) is 13.1. The predicted octanol–water partition coefficient (Wildman–Crippen LogP) is 4.27. The number of likely N-dealkylation sites (tertiary alicyclic amines) is 1. The van der Waals surface area contributed by atoms with Crippen molar-refractivity contribution in [1.82, 2.24) is 4.90 Å². The molecule has 32 heavy (non-hydrogen) atoms. The Kier molecular flexibility index (Phi) is 10.7. The Morgan fingerprint density at radius 2 is 1.69 bits per heavy atom. The largest absolute Gasteiger partial charge is 0.494 e. The smallest absolute Gasteiger partial charge is 0.253 e. The number of hydrazone groups is 1. The molecule has 1 aliphatic rings. The molecular formula is C24H32ClN3O4. The van der Waals surface area contributed by atoms with Crippen LogP contribution in [-0.4, -0.2) is 50.4 Å². The van der Waals surface area contributed by atoms with E-state index in [1.807, 2.05) is 41.3 Å². The lowest BCUT2D eigenvalue weighted by atomic mass is 10.1. The molecule has 0 radical (unpaired) electrons. The van der Waals surface area contributed by atoms with E-state index in [4.69, 9.17) is 20.1 Å². The molecular weight excluding hydrogens is 430 g/mol. The molecule has 1 fully saturated rings. The van der Waals surface area contributed by atoms with Crippen LogP contribution in [0.5, 0.6) is 17.2 Å². The van der Waals surface area contributed by atoms with E-state index in [1.165, 1.54) is 0 Å². The van der Waals surface area contributed by atoms with Crippen molar-refractivity contribution in [3.8, 4) is 17.2 Å². The molecule has 2 aromatic rings. The lowest BCUT2D eigenvalue weighted by Gasteiger charge is -2.17. The van der Waals surface area contributed by atoms with Gasteiger partial charge >= 0.3 is 0 Å². The molecule has 0 aliphatic carbocycles. The minimum absolute atomic E-state index is 0. The van der Waals surface area contributed by atoms with Crippen LogP contribution in [0.2, 0.25) is 0 Å². The third-order valence-electron chi connectivity index (χ3n) is 5.22. The molecule has 0 spiro atoms. The molecule has 0 saturated carbocycles. The number of methoxy groups -OCH3 is 1. The van der Waals surface area contributed by atoms with E-state index in [9.17, 15) is 4.79 Å². The molecule has 1 aliphatic heterocycles. The SMILES string of the molecule is COc1cc(C(=O)N2CCCC2)ccc1OCCCCCOc1ccc(C=NN)cc1.Cl. The molecule has 7 nitrogen and oxygen atoms in total.